The van der Waals surface area contributed by atoms with E-state index in [-0.39, 0.29) is 5.56 Å². The number of aromatic nitrogens is 2. The third kappa shape index (κ3) is 3.49. The van der Waals surface area contributed by atoms with E-state index in [2.05, 4.69) is 39.2 Å². The van der Waals surface area contributed by atoms with E-state index in [0.717, 1.165) is 26.2 Å². The van der Waals surface area contributed by atoms with Gasteiger partial charge in [-0.1, -0.05) is 18.2 Å². The minimum absolute atomic E-state index is 0.0965. The lowest BCUT2D eigenvalue weighted by Crippen LogP contribution is -2.48. The molecule has 4 rings (SSSR count). The normalized spacial score (nSPS) is 15.4. The summed E-state index contributed by atoms with van der Waals surface area (Å²) in [5.74, 6) is 0.669. The van der Waals surface area contributed by atoms with Crippen molar-refractivity contribution >= 4 is 5.69 Å². The smallest absolute Gasteiger partial charge is 0.268 e. The molecule has 128 valence electrons. The molecule has 0 amide bonds. The van der Waals surface area contributed by atoms with Gasteiger partial charge in [0.2, 0.25) is 0 Å². The maximum Gasteiger partial charge on any atom is 0.268 e. The van der Waals surface area contributed by atoms with Crippen LogP contribution in [-0.4, -0.2) is 40.9 Å². The van der Waals surface area contributed by atoms with Gasteiger partial charge in [-0.15, -0.1) is 0 Å². The number of piperazine rings is 1. The van der Waals surface area contributed by atoms with Crippen molar-refractivity contribution in [2.45, 2.75) is 6.67 Å². The summed E-state index contributed by atoms with van der Waals surface area (Å²) in [6, 6.07) is 17.3. The Hall–Kier alpha value is -2.86. The van der Waals surface area contributed by atoms with Crippen LogP contribution in [0.25, 0.3) is 11.5 Å². The van der Waals surface area contributed by atoms with Crippen LogP contribution in [0, 0.1) is 0 Å². The van der Waals surface area contributed by atoms with Crippen molar-refractivity contribution in [1.82, 2.24) is 14.7 Å². The van der Waals surface area contributed by atoms with Crippen LogP contribution in [0.2, 0.25) is 0 Å². The average molecular weight is 336 g/mol. The Morgan fingerprint density at radius 3 is 2.44 bits per heavy atom. The van der Waals surface area contributed by atoms with Gasteiger partial charge in [-0.25, -0.2) is 4.68 Å². The fourth-order valence-electron chi connectivity index (χ4n) is 3.08. The molecule has 0 atom stereocenters. The van der Waals surface area contributed by atoms with Crippen molar-refractivity contribution in [1.29, 1.82) is 0 Å². The first-order valence-corrected chi connectivity index (χ1v) is 8.44. The molecule has 0 N–H and O–H groups in total. The zero-order valence-electron chi connectivity index (χ0n) is 13.9. The third-order valence-electron chi connectivity index (χ3n) is 4.47. The predicted octanol–water partition coefficient (Wildman–Crippen LogP) is 2.28. The fourth-order valence-corrected chi connectivity index (χ4v) is 3.08. The number of hydrogen-bond donors (Lipinski definition) is 0. The topological polar surface area (TPSA) is 54.5 Å². The van der Waals surface area contributed by atoms with E-state index in [1.54, 1.807) is 18.4 Å². The molecule has 1 aromatic carbocycles. The second-order valence-electron chi connectivity index (χ2n) is 6.12. The molecule has 0 unspecified atom stereocenters. The lowest BCUT2D eigenvalue weighted by atomic mass is 10.2. The first-order chi connectivity index (χ1) is 12.3. The summed E-state index contributed by atoms with van der Waals surface area (Å²) in [4.78, 5) is 16.8. The summed E-state index contributed by atoms with van der Waals surface area (Å²) in [6.07, 6.45) is 1.61. The molecule has 3 aromatic rings. The van der Waals surface area contributed by atoms with Crippen LogP contribution in [0.4, 0.5) is 5.69 Å². The zero-order chi connectivity index (χ0) is 17.1. The van der Waals surface area contributed by atoms with E-state index < -0.39 is 0 Å². The quantitative estimate of drug-likeness (QED) is 0.732. The van der Waals surface area contributed by atoms with Gasteiger partial charge >= 0.3 is 0 Å². The van der Waals surface area contributed by atoms with Gasteiger partial charge in [0, 0.05) is 37.9 Å². The highest BCUT2D eigenvalue weighted by molar-refractivity contribution is 5.50. The maximum absolute atomic E-state index is 12.1. The van der Waals surface area contributed by atoms with Crippen LogP contribution in [0.15, 0.2) is 70.1 Å². The Labute approximate surface area is 145 Å². The van der Waals surface area contributed by atoms with Crippen LogP contribution >= 0.6 is 0 Å². The zero-order valence-corrected chi connectivity index (χ0v) is 13.9. The van der Waals surface area contributed by atoms with Gasteiger partial charge in [-0.2, -0.15) is 5.10 Å². The molecule has 6 nitrogen and oxygen atoms in total. The number of para-hydroxylation sites is 1. The molecule has 0 saturated carbocycles. The highest BCUT2D eigenvalue weighted by Gasteiger charge is 2.18. The first kappa shape index (κ1) is 15.7. The lowest BCUT2D eigenvalue weighted by Gasteiger charge is -2.35. The summed E-state index contributed by atoms with van der Waals surface area (Å²) < 4.78 is 6.88. The molecule has 1 fully saturated rings. The highest BCUT2D eigenvalue weighted by Crippen LogP contribution is 2.17. The molecule has 1 aliphatic heterocycles. The van der Waals surface area contributed by atoms with Crippen molar-refractivity contribution in [2.24, 2.45) is 0 Å². The van der Waals surface area contributed by atoms with E-state index >= 15 is 0 Å². The minimum Gasteiger partial charge on any atom is -0.463 e. The monoisotopic (exact) mass is 336 g/mol. The standard InChI is InChI=1S/C19H20N4O2/c24-19-9-8-17(18-7-4-14-25-18)20-23(19)15-21-10-12-22(13-11-21)16-5-2-1-3-6-16/h1-9,14H,10-13,15H2. The SMILES string of the molecule is O=c1ccc(-c2ccco2)nn1CN1CCN(c2ccccc2)CC1. The Morgan fingerprint density at radius 1 is 0.920 bits per heavy atom. The number of nitrogens with zero attached hydrogens (tertiary/aromatic N) is 4. The fraction of sp³-hybridized carbons (Fsp3) is 0.263. The highest BCUT2D eigenvalue weighted by atomic mass is 16.3. The van der Waals surface area contributed by atoms with Gasteiger partial charge in [0.25, 0.3) is 5.56 Å². The van der Waals surface area contributed by atoms with Crippen LogP contribution in [0.5, 0.6) is 0 Å². The summed E-state index contributed by atoms with van der Waals surface area (Å²) >= 11 is 0. The van der Waals surface area contributed by atoms with Crippen molar-refractivity contribution in [2.75, 3.05) is 31.1 Å². The number of rotatable bonds is 4. The van der Waals surface area contributed by atoms with Crippen molar-refractivity contribution in [3.63, 3.8) is 0 Å². The maximum atomic E-state index is 12.1. The van der Waals surface area contributed by atoms with E-state index in [9.17, 15) is 4.79 Å². The first-order valence-electron chi connectivity index (χ1n) is 8.44. The van der Waals surface area contributed by atoms with Gasteiger partial charge in [0.05, 0.1) is 12.9 Å². The lowest BCUT2D eigenvalue weighted by molar-refractivity contribution is 0.191. The Kier molecular flexibility index (Phi) is 4.35. The van der Waals surface area contributed by atoms with Crippen molar-refractivity contribution < 1.29 is 4.42 Å². The van der Waals surface area contributed by atoms with Gasteiger partial charge in [0.15, 0.2) is 5.76 Å². The van der Waals surface area contributed by atoms with E-state index in [0.29, 0.717) is 18.1 Å². The van der Waals surface area contributed by atoms with E-state index in [4.69, 9.17) is 4.42 Å². The molecule has 2 aromatic heterocycles. The van der Waals surface area contributed by atoms with Crippen LogP contribution in [0.3, 0.4) is 0 Å². The second kappa shape index (κ2) is 6.94. The van der Waals surface area contributed by atoms with Crippen molar-refractivity contribution in [3.8, 4) is 11.5 Å². The molecular formula is C19H20N4O2. The molecule has 1 saturated heterocycles. The molecule has 6 heteroatoms. The largest absolute Gasteiger partial charge is 0.463 e. The van der Waals surface area contributed by atoms with Crippen LogP contribution < -0.4 is 10.5 Å². The van der Waals surface area contributed by atoms with E-state index in [1.807, 2.05) is 18.2 Å². The molecule has 0 radical (unpaired) electrons. The molecular weight excluding hydrogens is 316 g/mol. The Bertz CT molecular complexity index is 866. The molecule has 0 aliphatic carbocycles. The molecule has 25 heavy (non-hydrogen) atoms. The molecule has 0 bridgehead atoms. The number of benzene rings is 1. The second-order valence-corrected chi connectivity index (χ2v) is 6.12. The van der Waals surface area contributed by atoms with Crippen LogP contribution in [0.1, 0.15) is 0 Å². The summed E-state index contributed by atoms with van der Waals surface area (Å²) in [5.41, 5.74) is 1.82. The minimum atomic E-state index is -0.0965. The molecule has 1 aliphatic rings. The molecule has 3 heterocycles. The van der Waals surface area contributed by atoms with Gasteiger partial charge in [-0.3, -0.25) is 9.69 Å². The van der Waals surface area contributed by atoms with Crippen molar-refractivity contribution in [3.05, 3.63) is 71.2 Å². The Morgan fingerprint density at radius 2 is 1.72 bits per heavy atom. The number of furan rings is 1. The van der Waals surface area contributed by atoms with Gasteiger partial charge < -0.3 is 9.32 Å². The van der Waals surface area contributed by atoms with E-state index in [1.165, 1.54) is 10.4 Å². The predicted molar refractivity (Wildman–Crippen MR) is 96.4 cm³/mol. The van der Waals surface area contributed by atoms with Gasteiger partial charge in [-0.05, 0) is 30.3 Å². The number of hydrogen-bond acceptors (Lipinski definition) is 5. The Balaban J connectivity index is 1.43. The summed E-state index contributed by atoms with van der Waals surface area (Å²) in [6.45, 7) is 4.17. The third-order valence-corrected chi connectivity index (χ3v) is 4.47. The van der Waals surface area contributed by atoms with Gasteiger partial charge in [0.1, 0.15) is 5.69 Å². The average Bonchev–Trinajstić information content (AvgIpc) is 3.20. The molecule has 0 spiro atoms. The number of anilines is 1. The summed E-state index contributed by atoms with van der Waals surface area (Å²) in [7, 11) is 0. The summed E-state index contributed by atoms with van der Waals surface area (Å²) in [5, 5.41) is 4.44. The van der Waals surface area contributed by atoms with Crippen LogP contribution in [-0.2, 0) is 6.67 Å².